The van der Waals surface area contributed by atoms with Crippen molar-refractivity contribution in [3.8, 4) is 5.69 Å². The van der Waals surface area contributed by atoms with Crippen molar-refractivity contribution < 1.29 is 4.79 Å². The first kappa shape index (κ1) is 16.1. The van der Waals surface area contributed by atoms with E-state index in [-0.39, 0.29) is 5.78 Å². The molecule has 0 atom stereocenters. The summed E-state index contributed by atoms with van der Waals surface area (Å²) in [6, 6.07) is 17.1. The van der Waals surface area contributed by atoms with Crippen LogP contribution in [0.5, 0.6) is 0 Å². The second-order valence-corrected chi connectivity index (χ2v) is 5.87. The van der Waals surface area contributed by atoms with Crippen molar-refractivity contribution in [3.05, 3.63) is 76.1 Å². The molecule has 0 aliphatic rings. The summed E-state index contributed by atoms with van der Waals surface area (Å²) in [7, 11) is 0. The van der Waals surface area contributed by atoms with E-state index in [2.05, 4.69) is 10.1 Å². The fourth-order valence-electron chi connectivity index (χ4n) is 2.39. The third kappa shape index (κ3) is 3.26. The van der Waals surface area contributed by atoms with Crippen LogP contribution in [0.1, 0.15) is 28.5 Å². The van der Waals surface area contributed by atoms with Crippen molar-refractivity contribution in [2.45, 2.75) is 13.8 Å². The largest absolute Gasteiger partial charge is 0.297 e. The van der Waals surface area contributed by atoms with Crippen LogP contribution in [0.3, 0.4) is 0 Å². The zero-order valence-corrected chi connectivity index (χ0v) is 14.3. The van der Waals surface area contributed by atoms with E-state index in [1.54, 1.807) is 25.3 Å². The van der Waals surface area contributed by atoms with E-state index >= 15 is 0 Å². The first-order valence-electron chi connectivity index (χ1n) is 7.58. The average molecular weight is 335 g/mol. The molecule has 0 unspecified atom stereocenters. The highest BCUT2D eigenvalue weighted by molar-refractivity contribution is 7.71. The SMILES string of the molecule is CC(=O)c1ccc(N=Cc2c(C)[nH]n(-c3ccccc3)c2=S)cc1. The van der Waals surface area contributed by atoms with Crippen molar-refractivity contribution in [2.75, 3.05) is 0 Å². The average Bonchev–Trinajstić information content (AvgIpc) is 2.88. The highest BCUT2D eigenvalue weighted by Crippen LogP contribution is 2.16. The summed E-state index contributed by atoms with van der Waals surface area (Å²) < 4.78 is 2.55. The molecule has 24 heavy (non-hydrogen) atoms. The summed E-state index contributed by atoms with van der Waals surface area (Å²) in [6.45, 7) is 3.52. The first-order chi connectivity index (χ1) is 11.6. The molecule has 2 aromatic carbocycles. The molecule has 0 aliphatic carbocycles. The molecule has 1 heterocycles. The molecule has 0 bridgehead atoms. The standard InChI is InChI=1S/C19H17N3OS/c1-13-18(12-20-16-10-8-15(9-11-16)14(2)23)19(24)22(21-13)17-6-4-3-5-7-17/h3-12,21H,1-2H3. The molecule has 0 aliphatic heterocycles. The minimum Gasteiger partial charge on any atom is -0.297 e. The van der Waals surface area contributed by atoms with Gasteiger partial charge in [0, 0.05) is 17.5 Å². The number of carbonyl (C=O) groups is 1. The van der Waals surface area contributed by atoms with Crippen LogP contribution in [0, 0.1) is 11.6 Å². The number of aromatic nitrogens is 2. The summed E-state index contributed by atoms with van der Waals surface area (Å²) in [5, 5.41) is 3.27. The number of ketones is 1. The van der Waals surface area contributed by atoms with Gasteiger partial charge >= 0.3 is 0 Å². The van der Waals surface area contributed by atoms with Crippen molar-refractivity contribution in [1.29, 1.82) is 0 Å². The van der Waals surface area contributed by atoms with Crippen molar-refractivity contribution >= 4 is 29.9 Å². The lowest BCUT2D eigenvalue weighted by Crippen LogP contribution is -1.95. The van der Waals surface area contributed by atoms with E-state index in [4.69, 9.17) is 12.2 Å². The number of rotatable bonds is 4. The summed E-state index contributed by atoms with van der Waals surface area (Å²) in [4.78, 5) is 15.8. The number of para-hydroxylation sites is 1. The number of aryl methyl sites for hydroxylation is 1. The molecular weight excluding hydrogens is 318 g/mol. The minimum atomic E-state index is 0.0451. The number of nitrogens with zero attached hydrogens (tertiary/aromatic N) is 2. The second-order valence-electron chi connectivity index (χ2n) is 5.49. The molecule has 0 saturated carbocycles. The van der Waals surface area contributed by atoms with Crippen LogP contribution in [0.25, 0.3) is 5.69 Å². The van der Waals surface area contributed by atoms with Crippen molar-refractivity contribution in [1.82, 2.24) is 9.78 Å². The smallest absolute Gasteiger partial charge is 0.159 e. The summed E-state index contributed by atoms with van der Waals surface area (Å²) in [6.07, 6.45) is 1.76. The Morgan fingerprint density at radius 2 is 1.79 bits per heavy atom. The minimum absolute atomic E-state index is 0.0451. The molecule has 120 valence electrons. The van der Waals surface area contributed by atoms with E-state index in [9.17, 15) is 4.79 Å². The number of benzene rings is 2. The maximum absolute atomic E-state index is 11.3. The monoisotopic (exact) mass is 335 g/mol. The normalized spacial score (nSPS) is 11.1. The molecule has 0 radical (unpaired) electrons. The molecule has 0 amide bonds. The maximum Gasteiger partial charge on any atom is 0.159 e. The van der Waals surface area contributed by atoms with Crippen LogP contribution in [-0.2, 0) is 0 Å². The Morgan fingerprint density at radius 1 is 1.12 bits per heavy atom. The highest BCUT2D eigenvalue weighted by Gasteiger charge is 2.07. The van der Waals surface area contributed by atoms with Gasteiger partial charge in [0.1, 0.15) is 4.64 Å². The lowest BCUT2D eigenvalue weighted by atomic mass is 10.1. The Kier molecular flexibility index (Phi) is 4.53. The Balaban J connectivity index is 1.92. The van der Waals surface area contributed by atoms with E-state index in [0.29, 0.717) is 10.2 Å². The third-order valence-electron chi connectivity index (χ3n) is 3.75. The third-order valence-corrected chi connectivity index (χ3v) is 4.15. The van der Waals surface area contributed by atoms with Crippen LogP contribution in [0.4, 0.5) is 5.69 Å². The van der Waals surface area contributed by atoms with E-state index in [1.165, 1.54) is 0 Å². The predicted octanol–water partition coefficient (Wildman–Crippen LogP) is 4.80. The molecule has 0 spiro atoms. The number of hydrogen-bond donors (Lipinski definition) is 1. The molecule has 4 nitrogen and oxygen atoms in total. The van der Waals surface area contributed by atoms with Gasteiger partial charge in [-0.15, -0.1) is 0 Å². The number of nitrogens with one attached hydrogen (secondary N) is 1. The highest BCUT2D eigenvalue weighted by atomic mass is 32.1. The van der Waals surface area contributed by atoms with Crippen LogP contribution >= 0.6 is 12.2 Å². The topological polar surface area (TPSA) is 50.1 Å². The number of H-pyrrole nitrogens is 1. The van der Waals surface area contributed by atoms with Crippen LogP contribution in [0.2, 0.25) is 0 Å². The van der Waals surface area contributed by atoms with E-state index in [0.717, 1.165) is 22.6 Å². The molecule has 1 N–H and O–H groups in total. The zero-order valence-electron chi connectivity index (χ0n) is 13.5. The number of hydrogen-bond acceptors (Lipinski definition) is 3. The first-order valence-corrected chi connectivity index (χ1v) is 7.99. The van der Waals surface area contributed by atoms with Gasteiger partial charge in [-0.2, -0.15) is 0 Å². The summed E-state index contributed by atoms with van der Waals surface area (Å²) in [5.74, 6) is 0.0451. The van der Waals surface area contributed by atoms with Crippen LogP contribution < -0.4 is 0 Å². The Bertz CT molecular complexity index is 951. The van der Waals surface area contributed by atoms with Crippen LogP contribution in [0.15, 0.2) is 59.6 Å². The maximum atomic E-state index is 11.3. The zero-order chi connectivity index (χ0) is 17.1. The van der Waals surface area contributed by atoms with Crippen LogP contribution in [-0.4, -0.2) is 21.8 Å². The van der Waals surface area contributed by atoms with Gasteiger partial charge in [0.2, 0.25) is 0 Å². The van der Waals surface area contributed by atoms with Gasteiger partial charge in [0.05, 0.1) is 16.9 Å². The molecule has 0 saturated heterocycles. The van der Waals surface area contributed by atoms with Gasteiger partial charge < -0.3 is 0 Å². The molecule has 5 heteroatoms. The fraction of sp³-hybridized carbons (Fsp3) is 0.105. The molecular formula is C19H17N3OS. The molecule has 3 aromatic rings. The van der Waals surface area contributed by atoms with E-state index < -0.39 is 0 Å². The van der Waals surface area contributed by atoms with Gasteiger partial charge in [-0.05, 0) is 50.2 Å². The molecule has 3 rings (SSSR count). The van der Waals surface area contributed by atoms with Gasteiger partial charge in [-0.1, -0.05) is 30.4 Å². The van der Waals surface area contributed by atoms with Gasteiger partial charge in [0.15, 0.2) is 5.78 Å². The Morgan fingerprint density at radius 3 is 2.42 bits per heavy atom. The lowest BCUT2D eigenvalue weighted by molar-refractivity contribution is 0.101. The molecule has 1 aromatic heterocycles. The summed E-state index contributed by atoms with van der Waals surface area (Å²) >= 11 is 5.56. The Hall–Kier alpha value is -2.79. The Labute approximate surface area is 145 Å². The van der Waals surface area contributed by atoms with Gasteiger partial charge in [-0.25, -0.2) is 4.68 Å². The van der Waals surface area contributed by atoms with Crippen molar-refractivity contribution in [3.63, 3.8) is 0 Å². The number of carbonyl (C=O) groups excluding carboxylic acids is 1. The lowest BCUT2D eigenvalue weighted by Gasteiger charge is -2.01. The predicted molar refractivity (Wildman–Crippen MR) is 99.4 cm³/mol. The second kappa shape index (κ2) is 6.76. The summed E-state index contributed by atoms with van der Waals surface area (Å²) in [5.41, 5.74) is 4.27. The van der Waals surface area contributed by atoms with E-state index in [1.807, 2.05) is 54.1 Å². The number of Topliss-reactive ketones (excluding diaryl/α,β-unsaturated/α-hetero) is 1. The fourth-order valence-corrected chi connectivity index (χ4v) is 2.75. The van der Waals surface area contributed by atoms with Crippen molar-refractivity contribution in [2.24, 2.45) is 4.99 Å². The number of aromatic amines is 1. The quantitative estimate of drug-likeness (QED) is 0.423. The number of aliphatic imine (C=N–C) groups is 1. The van der Waals surface area contributed by atoms with Gasteiger partial charge in [-0.3, -0.25) is 14.9 Å². The molecule has 0 fully saturated rings. The van der Waals surface area contributed by atoms with Gasteiger partial charge in [0.25, 0.3) is 0 Å².